The van der Waals surface area contributed by atoms with E-state index in [1.807, 2.05) is 24.3 Å². The summed E-state index contributed by atoms with van der Waals surface area (Å²) in [5.41, 5.74) is 3.50. The highest BCUT2D eigenvalue weighted by Crippen LogP contribution is 2.31. The smallest absolute Gasteiger partial charge is 0.123 e. The molecule has 2 rings (SSSR count). The van der Waals surface area contributed by atoms with Crippen LogP contribution in [0.4, 0.5) is 5.69 Å². The fourth-order valence-electron chi connectivity index (χ4n) is 2.46. The van der Waals surface area contributed by atoms with E-state index in [0.29, 0.717) is 0 Å². The van der Waals surface area contributed by atoms with Crippen molar-refractivity contribution in [1.29, 1.82) is 0 Å². The van der Waals surface area contributed by atoms with Crippen molar-refractivity contribution in [3.63, 3.8) is 0 Å². The average Bonchev–Trinajstić information content (AvgIpc) is 2.52. The fraction of sp³-hybridized carbons (Fsp3) is 0.333. The van der Waals surface area contributed by atoms with E-state index in [1.54, 1.807) is 7.11 Å². The zero-order chi connectivity index (χ0) is 15.2. The van der Waals surface area contributed by atoms with Gasteiger partial charge in [-0.1, -0.05) is 30.3 Å². The van der Waals surface area contributed by atoms with Crippen LogP contribution in [0.2, 0.25) is 0 Å². The van der Waals surface area contributed by atoms with Crippen LogP contribution in [-0.2, 0) is 0 Å². The number of rotatable bonds is 6. The van der Waals surface area contributed by atoms with Crippen molar-refractivity contribution in [2.45, 2.75) is 19.2 Å². The zero-order valence-corrected chi connectivity index (χ0v) is 13.6. The first-order valence-electron chi connectivity index (χ1n) is 7.24. The molecule has 0 radical (unpaired) electrons. The van der Waals surface area contributed by atoms with E-state index in [1.165, 1.54) is 11.3 Å². The molecule has 0 saturated carbocycles. The van der Waals surface area contributed by atoms with Crippen molar-refractivity contribution in [1.82, 2.24) is 0 Å². The van der Waals surface area contributed by atoms with E-state index >= 15 is 0 Å². The predicted molar refractivity (Wildman–Crippen MR) is 90.7 cm³/mol. The van der Waals surface area contributed by atoms with Crippen LogP contribution in [0.15, 0.2) is 48.5 Å². The number of hydrogen-bond acceptors (Lipinski definition) is 2. The lowest BCUT2D eigenvalue weighted by Gasteiger charge is -2.26. The third-order valence-corrected chi connectivity index (χ3v) is 3.98. The van der Waals surface area contributed by atoms with Gasteiger partial charge >= 0.3 is 0 Å². The summed E-state index contributed by atoms with van der Waals surface area (Å²) in [4.78, 5) is 2.29. The Morgan fingerprint density at radius 3 is 2.57 bits per heavy atom. The molecule has 3 heteroatoms. The van der Waals surface area contributed by atoms with Crippen molar-refractivity contribution in [3.05, 3.63) is 59.7 Å². The van der Waals surface area contributed by atoms with Gasteiger partial charge in [-0.15, -0.1) is 11.6 Å². The highest BCUT2D eigenvalue weighted by Gasteiger charge is 2.16. The second-order valence-electron chi connectivity index (χ2n) is 5.09. The van der Waals surface area contributed by atoms with Crippen molar-refractivity contribution in [2.24, 2.45) is 0 Å². The van der Waals surface area contributed by atoms with Crippen LogP contribution in [0.1, 0.15) is 23.4 Å². The van der Waals surface area contributed by atoms with E-state index in [0.717, 1.165) is 24.4 Å². The standard InChI is InChI=1S/C18H22ClNO/c1-4-20(15-9-7-8-14(2)12-15)13-17(19)16-10-5-6-11-18(16)21-3/h5-12,17H,4,13H2,1-3H3. The molecule has 0 fully saturated rings. The van der Waals surface area contributed by atoms with Crippen LogP contribution >= 0.6 is 11.6 Å². The van der Waals surface area contributed by atoms with Crippen LogP contribution in [0, 0.1) is 6.92 Å². The van der Waals surface area contributed by atoms with Gasteiger partial charge in [-0.2, -0.15) is 0 Å². The molecule has 0 saturated heterocycles. The molecule has 2 aromatic rings. The van der Waals surface area contributed by atoms with E-state index < -0.39 is 0 Å². The SMILES string of the molecule is CCN(CC(Cl)c1ccccc1OC)c1cccc(C)c1. The maximum absolute atomic E-state index is 6.63. The third kappa shape index (κ3) is 3.92. The molecule has 0 aromatic heterocycles. The second-order valence-corrected chi connectivity index (χ2v) is 5.61. The summed E-state index contributed by atoms with van der Waals surface area (Å²) in [5.74, 6) is 0.845. The van der Waals surface area contributed by atoms with Gasteiger partial charge in [0.2, 0.25) is 0 Å². The second kappa shape index (κ2) is 7.37. The molecule has 0 aliphatic rings. The van der Waals surface area contributed by atoms with E-state index in [2.05, 4.69) is 43.0 Å². The predicted octanol–water partition coefficient (Wildman–Crippen LogP) is 4.81. The Morgan fingerprint density at radius 1 is 1.14 bits per heavy atom. The Bertz CT molecular complexity index is 585. The third-order valence-electron chi connectivity index (χ3n) is 3.61. The normalized spacial score (nSPS) is 12.0. The topological polar surface area (TPSA) is 12.5 Å². The molecular formula is C18H22ClNO. The lowest BCUT2D eigenvalue weighted by molar-refractivity contribution is 0.409. The molecule has 0 amide bonds. The Balaban J connectivity index is 2.18. The minimum atomic E-state index is -0.110. The number of ether oxygens (including phenoxy) is 1. The summed E-state index contributed by atoms with van der Waals surface area (Å²) in [6.07, 6.45) is 0. The molecular weight excluding hydrogens is 282 g/mol. The summed E-state index contributed by atoms with van der Waals surface area (Å²) < 4.78 is 5.40. The number of hydrogen-bond donors (Lipinski definition) is 0. The maximum Gasteiger partial charge on any atom is 0.123 e. The summed E-state index contributed by atoms with van der Waals surface area (Å²) in [6.45, 7) is 5.92. The minimum Gasteiger partial charge on any atom is -0.496 e. The van der Waals surface area contributed by atoms with Crippen molar-refractivity contribution < 1.29 is 4.74 Å². The van der Waals surface area contributed by atoms with Gasteiger partial charge in [-0.25, -0.2) is 0 Å². The number of anilines is 1. The zero-order valence-electron chi connectivity index (χ0n) is 12.8. The summed E-state index contributed by atoms with van der Waals surface area (Å²) in [7, 11) is 1.68. The molecule has 0 N–H and O–H groups in total. The van der Waals surface area contributed by atoms with Gasteiger partial charge in [0.1, 0.15) is 5.75 Å². The molecule has 0 aliphatic carbocycles. The highest BCUT2D eigenvalue weighted by atomic mass is 35.5. The molecule has 0 spiro atoms. The maximum atomic E-state index is 6.63. The highest BCUT2D eigenvalue weighted by molar-refractivity contribution is 6.21. The van der Waals surface area contributed by atoms with Gasteiger partial charge in [0.25, 0.3) is 0 Å². The first kappa shape index (κ1) is 15.7. The van der Waals surface area contributed by atoms with Gasteiger partial charge in [0.05, 0.1) is 12.5 Å². The van der Waals surface area contributed by atoms with Gasteiger partial charge in [-0.3, -0.25) is 0 Å². The van der Waals surface area contributed by atoms with E-state index in [4.69, 9.17) is 16.3 Å². The molecule has 0 heterocycles. The molecule has 1 atom stereocenters. The van der Waals surface area contributed by atoms with Gasteiger partial charge in [-0.05, 0) is 37.6 Å². The van der Waals surface area contributed by atoms with Gasteiger partial charge in [0, 0.05) is 24.3 Å². The summed E-state index contributed by atoms with van der Waals surface area (Å²) in [5, 5.41) is -0.110. The first-order valence-corrected chi connectivity index (χ1v) is 7.68. The van der Waals surface area contributed by atoms with Crippen molar-refractivity contribution in [3.8, 4) is 5.75 Å². The summed E-state index contributed by atoms with van der Waals surface area (Å²) in [6, 6.07) is 16.4. The lowest BCUT2D eigenvalue weighted by Crippen LogP contribution is -2.26. The Kier molecular flexibility index (Phi) is 5.51. The molecule has 0 bridgehead atoms. The summed E-state index contributed by atoms with van der Waals surface area (Å²) >= 11 is 6.63. The lowest BCUT2D eigenvalue weighted by atomic mass is 10.1. The Morgan fingerprint density at radius 2 is 1.90 bits per heavy atom. The number of alkyl halides is 1. The van der Waals surface area contributed by atoms with Crippen molar-refractivity contribution in [2.75, 3.05) is 25.1 Å². The Labute approximate surface area is 132 Å². The number of methoxy groups -OCH3 is 1. The number of aryl methyl sites for hydroxylation is 1. The van der Waals surface area contributed by atoms with Crippen LogP contribution in [0.25, 0.3) is 0 Å². The molecule has 0 aliphatic heterocycles. The molecule has 112 valence electrons. The molecule has 2 aromatic carbocycles. The van der Waals surface area contributed by atoms with Gasteiger partial charge in [0.15, 0.2) is 0 Å². The average molecular weight is 304 g/mol. The number of benzene rings is 2. The quantitative estimate of drug-likeness (QED) is 0.710. The van der Waals surface area contributed by atoms with Crippen molar-refractivity contribution >= 4 is 17.3 Å². The number of para-hydroxylation sites is 1. The number of nitrogens with zero attached hydrogens (tertiary/aromatic N) is 1. The fourth-order valence-corrected chi connectivity index (χ4v) is 2.81. The number of likely N-dealkylation sites (N-methyl/N-ethyl adjacent to an activating group) is 1. The number of halogens is 1. The monoisotopic (exact) mass is 303 g/mol. The molecule has 21 heavy (non-hydrogen) atoms. The van der Waals surface area contributed by atoms with E-state index in [9.17, 15) is 0 Å². The largest absolute Gasteiger partial charge is 0.496 e. The van der Waals surface area contributed by atoms with Crippen LogP contribution < -0.4 is 9.64 Å². The van der Waals surface area contributed by atoms with E-state index in [-0.39, 0.29) is 5.38 Å². The first-order chi connectivity index (χ1) is 10.2. The Hall–Kier alpha value is -1.67. The van der Waals surface area contributed by atoms with Crippen LogP contribution in [-0.4, -0.2) is 20.2 Å². The van der Waals surface area contributed by atoms with Gasteiger partial charge < -0.3 is 9.64 Å². The van der Waals surface area contributed by atoms with Crippen LogP contribution in [0.3, 0.4) is 0 Å². The molecule has 2 nitrogen and oxygen atoms in total. The molecule has 1 unspecified atom stereocenters. The van der Waals surface area contributed by atoms with Crippen LogP contribution in [0.5, 0.6) is 5.75 Å². The minimum absolute atomic E-state index is 0.110.